The molecule has 1 amide bonds. The zero-order valence-electron chi connectivity index (χ0n) is 16.8. The number of rotatable bonds is 7. The lowest BCUT2D eigenvalue weighted by Crippen LogP contribution is -2.42. The molecule has 0 bridgehead atoms. The van der Waals surface area contributed by atoms with Crippen LogP contribution < -0.4 is 10.9 Å². The molecule has 1 N–H and O–H groups in total. The average Bonchev–Trinajstić information content (AvgIpc) is 2.73. The van der Waals surface area contributed by atoms with Gasteiger partial charge in [-0.3, -0.25) is 19.0 Å². The minimum atomic E-state index is -0.398. The zero-order valence-corrected chi connectivity index (χ0v) is 17.7. The number of aromatic nitrogens is 2. The molecule has 0 radical (unpaired) electrons. The molecule has 0 spiro atoms. The Balaban J connectivity index is 1.76. The minimum absolute atomic E-state index is 0.0596. The second-order valence-electron chi connectivity index (χ2n) is 7.42. The zero-order chi connectivity index (χ0) is 20.8. The van der Waals surface area contributed by atoms with Crippen LogP contribution in [0.4, 0.5) is 0 Å². The van der Waals surface area contributed by atoms with Gasteiger partial charge in [0.15, 0.2) is 5.16 Å². The summed E-state index contributed by atoms with van der Waals surface area (Å²) in [6.45, 7) is 2.33. The van der Waals surface area contributed by atoms with Crippen LogP contribution in [0.3, 0.4) is 0 Å². The molecule has 1 aromatic carbocycles. The monoisotopic (exact) mass is 417 g/mol. The van der Waals surface area contributed by atoms with Gasteiger partial charge in [-0.15, -0.1) is 0 Å². The van der Waals surface area contributed by atoms with Crippen molar-refractivity contribution in [1.82, 2.24) is 14.9 Å². The van der Waals surface area contributed by atoms with Crippen LogP contribution in [-0.4, -0.2) is 40.3 Å². The SMILES string of the molecule is COC(=O)CCn1c(SCC(=O)N[C@H]2CCCC[C@@H]2C)nc2ccccc2c1=O. The Morgan fingerprint density at radius 2 is 2.03 bits per heavy atom. The van der Waals surface area contributed by atoms with Crippen molar-refractivity contribution in [3.05, 3.63) is 34.6 Å². The molecule has 1 aliphatic carbocycles. The van der Waals surface area contributed by atoms with E-state index in [2.05, 4.69) is 22.0 Å². The second-order valence-corrected chi connectivity index (χ2v) is 8.36. The fraction of sp³-hybridized carbons (Fsp3) is 0.524. The Hall–Kier alpha value is -2.35. The van der Waals surface area contributed by atoms with E-state index in [4.69, 9.17) is 0 Å². The van der Waals surface area contributed by atoms with Crippen LogP contribution >= 0.6 is 11.8 Å². The number of nitrogens with one attached hydrogen (secondary N) is 1. The summed E-state index contributed by atoms with van der Waals surface area (Å²) < 4.78 is 6.15. The Morgan fingerprint density at radius 1 is 1.28 bits per heavy atom. The van der Waals surface area contributed by atoms with E-state index in [0.29, 0.717) is 22.0 Å². The summed E-state index contributed by atoms with van der Waals surface area (Å²) >= 11 is 1.22. The number of nitrogens with zero attached hydrogens (tertiary/aromatic N) is 2. The molecule has 2 atom stereocenters. The molecule has 1 heterocycles. The first-order chi connectivity index (χ1) is 14.0. The third kappa shape index (κ3) is 5.38. The first-order valence-electron chi connectivity index (χ1n) is 9.98. The first kappa shape index (κ1) is 21.4. The molecule has 0 aliphatic heterocycles. The number of ether oxygens (including phenoxy) is 1. The molecule has 8 heteroatoms. The maximum absolute atomic E-state index is 12.9. The molecule has 7 nitrogen and oxygen atoms in total. The van der Waals surface area contributed by atoms with Crippen LogP contribution in [0.5, 0.6) is 0 Å². The van der Waals surface area contributed by atoms with Crippen LogP contribution in [0, 0.1) is 5.92 Å². The van der Waals surface area contributed by atoms with Crippen molar-refractivity contribution in [1.29, 1.82) is 0 Å². The van der Waals surface area contributed by atoms with Crippen molar-refractivity contribution in [2.24, 2.45) is 5.92 Å². The Kier molecular flexibility index (Phi) is 7.30. The van der Waals surface area contributed by atoms with Crippen molar-refractivity contribution >= 4 is 34.5 Å². The van der Waals surface area contributed by atoms with Crippen molar-refractivity contribution in [2.75, 3.05) is 12.9 Å². The number of hydrogen-bond acceptors (Lipinski definition) is 6. The van der Waals surface area contributed by atoms with Gasteiger partial charge in [-0.25, -0.2) is 4.98 Å². The molecular formula is C21H27N3O4S. The minimum Gasteiger partial charge on any atom is -0.469 e. The predicted molar refractivity (Wildman–Crippen MR) is 113 cm³/mol. The number of esters is 1. The number of benzene rings is 1. The number of hydrogen-bond donors (Lipinski definition) is 1. The molecule has 1 saturated carbocycles. The molecule has 1 fully saturated rings. The standard InChI is InChI=1S/C21H27N3O4S/c1-14-7-3-5-9-16(14)22-18(25)13-29-21-23-17-10-6-4-8-15(17)20(27)24(21)12-11-19(26)28-2/h4,6,8,10,14,16H,3,5,7,9,11-13H2,1-2H3,(H,22,25)/t14-,16-/m0/s1. The van der Waals surface area contributed by atoms with E-state index >= 15 is 0 Å². The van der Waals surface area contributed by atoms with Gasteiger partial charge in [0.2, 0.25) is 5.91 Å². The molecule has 3 rings (SSSR count). The summed E-state index contributed by atoms with van der Waals surface area (Å²) in [6, 6.07) is 7.30. The Morgan fingerprint density at radius 3 is 2.79 bits per heavy atom. The quantitative estimate of drug-likeness (QED) is 0.423. The van der Waals surface area contributed by atoms with Crippen LogP contribution in [0.15, 0.2) is 34.2 Å². The average molecular weight is 418 g/mol. The molecule has 2 aromatic rings. The molecule has 0 unspecified atom stereocenters. The van der Waals surface area contributed by atoms with Gasteiger partial charge in [-0.05, 0) is 30.9 Å². The molecular weight excluding hydrogens is 390 g/mol. The molecule has 1 aromatic heterocycles. The highest BCUT2D eigenvalue weighted by atomic mass is 32.2. The highest BCUT2D eigenvalue weighted by molar-refractivity contribution is 7.99. The second kappa shape index (κ2) is 9.91. The van der Waals surface area contributed by atoms with Crippen LogP contribution in [0.1, 0.15) is 39.0 Å². The van der Waals surface area contributed by atoms with Crippen molar-refractivity contribution in [2.45, 2.75) is 56.8 Å². The topological polar surface area (TPSA) is 90.3 Å². The number of carbonyl (C=O) groups is 2. The maximum Gasteiger partial charge on any atom is 0.307 e. The van der Waals surface area contributed by atoms with E-state index in [9.17, 15) is 14.4 Å². The molecule has 29 heavy (non-hydrogen) atoms. The molecule has 1 aliphatic rings. The van der Waals surface area contributed by atoms with Crippen LogP contribution in [0.25, 0.3) is 10.9 Å². The fourth-order valence-corrected chi connectivity index (χ4v) is 4.51. The summed E-state index contributed by atoms with van der Waals surface area (Å²) in [7, 11) is 1.32. The number of methoxy groups -OCH3 is 1. The third-order valence-electron chi connectivity index (χ3n) is 5.38. The van der Waals surface area contributed by atoms with Gasteiger partial charge in [-0.1, -0.05) is 43.7 Å². The summed E-state index contributed by atoms with van der Waals surface area (Å²) in [5.41, 5.74) is 0.360. The van der Waals surface area contributed by atoms with Crippen molar-refractivity contribution in [3.8, 4) is 0 Å². The number of thioether (sulfide) groups is 1. The summed E-state index contributed by atoms with van der Waals surface area (Å²) in [4.78, 5) is 41.5. The summed E-state index contributed by atoms with van der Waals surface area (Å²) in [5.74, 6) is 0.196. The Labute approximate surface area is 174 Å². The van der Waals surface area contributed by atoms with E-state index in [1.165, 1.54) is 29.9 Å². The van der Waals surface area contributed by atoms with Gasteiger partial charge in [0.25, 0.3) is 5.56 Å². The largest absolute Gasteiger partial charge is 0.469 e. The van der Waals surface area contributed by atoms with Gasteiger partial charge in [0.1, 0.15) is 0 Å². The highest BCUT2D eigenvalue weighted by Crippen LogP contribution is 2.24. The van der Waals surface area contributed by atoms with Gasteiger partial charge in [-0.2, -0.15) is 0 Å². The smallest absolute Gasteiger partial charge is 0.307 e. The number of amides is 1. The van der Waals surface area contributed by atoms with Gasteiger partial charge in [0, 0.05) is 12.6 Å². The van der Waals surface area contributed by atoms with Crippen LogP contribution in [0.2, 0.25) is 0 Å². The summed E-state index contributed by atoms with van der Waals surface area (Å²) in [5, 5.41) is 4.04. The number of fused-ring (bicyclic) bond motifs is 1. The van der Waals surface area contributed by atoms with Gasteiger partial charge in [0.05, 0.1) is 30.2 Å². The first-order valence-corrected chi connectivity index (χ1v) is 11.0. The van der Waals surface area contributed by atoms with E-state index in [1.807, 2.05) is 6.07 Å². The fourth-order valence-electron chi connectivity index (χ4n) is 3.67. The van der Waals surface area contributed by atoms with Crippen LogP contribution in [-0.2, 0) is 20.9 Å². The third-order valence-corrected chi connectivity index (χ3v) is 6.36. The number of carbonyl (C=O) groups excluding carboxylic acids is 2. The lowest BCUT2D eigenvalue weighted by molar-refractivity contribution is -0.140. The van der Waals surface area contributed by atoms with E-state index in [-0.39, 0.29) is 36.2 Å². The highest BCUT2D eigenvalue weighted by Gasteiger charge is 2.23. The maximum atomic E-state index is 12.9. The van der Waals surface area contributed by atoms with Gasteiger partial charge < -0.3 is 10.1 Å². The number of para-hydroxylation sites is 1. The Bertz CT molecular complexity index is 943. The van der Waals surface area contributed by atoms with E-state index < -0.39 is 5.97 Å². The van der Waals surface area contributed by atoms with Crippen molar-refractivity contribution < 1.29 is 14.3 Å². The van der Waals surface area contributed by atoms with Gasteiger partial charge >= 0.3 is 5.97 Å². The molecule has 156 valence electrons. The van der Waals surface area contributed by atoms with E-state index in [0.717, 1.165) is 19.3 Å². The predicted octanol–water partition coefficient (Wildman–Crippen LogP) is 2.75. The summed E-state index contributed by atoms with van der Waals surface area (Å²) in [6.07, 6.45) is 4.57. The lowest BCUT2D eigenvalue weighted by Gasteiger charge is -2.29. The normalized spacial score (nSPS) is 19.1. The van der Waals surface area contributed by atoms with Crippen molar-refractivity contribution in [3.63, 3.8) is 0 Å². The van der Waals surface area contributed by atoms with E-state index in [1.54, 1.807) is 18.2 Å². The lowest BCUT2D eigenvalue weighted by atomic mass is 9.86. The molecule has 0 saturated heterocycles.